The Morgan fingerprint density at radius 1 is 1.15 bits per heavy atom. The predicted octanol–water partition coefficient (Wildman–Crippen LogP) is 4.22. The predicted molar refractivity (Wildman–Crippen MR) is 85.2 cm³/mol. The van der Waals surface area contributed by atoms with Crippen molar-refractivity contribution in [3.63, 3.8) is 0 Å². The van der Waals surface area contributed by atoms with Crippen molar-refractivity contribution in [3.8, 4) is 0 Å². The normalized spacial score (nSPS) is 14.7. The van der Waals surface area contributed by atoms with Gasteiger partial charge in [0.1, 0.15) is 0 Å². The standard InChI is InChI=1S/C16H19ClN2S/c17-9-15-12-20-16(18-15)7-3-4-8-19-10-13-5-1-2-6-14(13)11-19/h1-2,5-6,12H,3-4,7-11H2. The number of hydrogen-bond acceptors (Lipinski definition) is 3. The van der Waals surface area contributed by atoms with Gasteiger partial charge in [-0.1, -0.05) is 24.3 Å². The molecule has 1 aliphatic rings. The lowest BCUT2D eigenvalue weighted by Crippen LogP contribution is -2.17. The zero-order valence-electron chi connectivity index (χ0n) is 11.5. The van der Waals surface area contributed by atoms with E-state index < -0.39 is 0 Å². The first-order valence-corrected chi connectivity index (χ1v) is 8.55. The Labute approximate surface area is 129 Å². The highest BCUT2D eigenvalue weighted by Crippen LogP contribution is 2.22. The van der Waals surface area contributed by atoms with Crippen LogP contribution in [0.5, 0.6) is 0 Å². The van der Waals surface area contributed by atoms with E-state index in [2.05, 4.69) is 39.5 Å². The van der Waals surface area contributed by atoms with E-state index in [1.165, 1.54) is 35.5 Å². The number of fused-ring (bicyclic) bond motifs is 1. The Bertz CT molecular complexity index is 542. The number of aromatic nitrogens is 1. The van der Waals surface area contributed by atoms with Gasteiger partial charge in [-0.05, 0) is 36.9 Å². The molecule has 0 saturated carbocycles. The molecule has 0 amide bonds. The minimum absolute atomic E-state index is 0.530. The number of rotatable bonds is 6. The van der Waals surface area contributed by atoms with E-state index in [4.69, 9.17) is 11.6 Å². The summed E-state index contributed by atoms with van der Waals surface area (Å²) in [5.41, 5.74) is 4.01. The highest BCUT2D eigenvalue weighted by molar-refractivity contribution is 7.09. The fourth-order valence-electron chi connectivity index (χ4n) is 2.70. The van der Waals surface area contributed by atoms with Gasteiger partial charge >= 0.3 is 0 Å². The Hall–Kier alpha value is -0.900. The van der Waals surface area contributed by atoms with Gasteiger partial charge in [-0.2, -0.15) is 0 Å². The molecule has 106 valence electrons. The number of unbranched alkanes of at least 4 members (excludes halogenated alkanes) is 1. The molecular weight excluding hydrogens is 288 g/mol. The number of hydrogen-bond donors (Lipinski definition) is 0. The van der Waals surface area contributed by atoms with Crippen LogP contribution in [0.4, 0.5) is 0 Å². The quantitative estimate of drug-likeness (QED) is 0.587. The van der Waals surface area contributed by atoms with Crippen LogP contribution in [0, 0.1) is 0 Å². The molecule has 1 aromatic heterocycles. The van der Waals surface area contributed by atoms with Crippen molar-refractivity contribution in [3.05, 3.63) is 51.5 Å². The van der Waals surface area contributed by atoms with Gasteiger partial charge in [-0.3, -0.25) is 4.90 Å². The van der Waals surface area contributed by atoms with Gasteiger partial charge in [0, 0.05) is 18.5 Å². The summed E-state index contributed by atoms with van der Waals surface area (Å²) < 4.78 is 0. The molecule has 2 aromatic rings. The average molecular weight is 307 g/mol. The second-order valence-electron chi connectivity index (χ2n) is 5.30. The lowest BCUT2D eigenvalue weighted by molar-refractivity contribution is 0.278. The average Bonchev–Trinajstić information content (AvgIpc) is 3.09. The maximum Gasteiger partial charge on any atom is 0.0928 e. The summed E-state index contributed by atoms with van der Waals surface area (Å²) in [6.45, 7) is 3.41. The smallest absolute Gasteiger partial charge is 0.0928 e. The molecule has 4 heteroatoms. The van der Waals surface area contributed by atoms with Crippen molar-refractivity contribution in [1.29, 1.82) is 0 Å². The summed E-state index contributed by atoms with van der Waals surface area (Å²) in [6.07, 6.45) is 3.54. The molecule has 2 heterocycles. The molecule has 0 atom stereocenters. The lowest BCUT2D eigenvalue weighted by Gasteiger charge is -2.13. The lowest BCUT2D eigenvalue weighted by atomic mass is 10.1. The van der Waals surface area contributed by atoms with Gasteiger partial charge in [0.2, 0.25) is 0 Å². The van der Waals surface area contributed by atoms with Crippen molar-refractivity contribution in [2.24, 2.45) is 0 Å². The van der Waals surface area contributed by atoms with Crippen LogP contribution in [0.1, 0.15) is 34.7 Å². The number of thiazole rings is 1. The van der Waals surface area contributed by atoms with Crippen LogP contribution in [0.25, 0.3) is 0 Å². The first kappa shape index (κ1) is 14.1. The summed E-state index contributed by atoms with van der Waals surface area (Å²) >= 11 is 7.51. The van der Waals surface area contributed by atoms with Crippen LogP contribution in [0.3, 0.4) is 0 Å². The molecule has 0 bridgehead atoms. The zero-order valence-corrected chi connectivity index (χ0v) is 13.1. The van der Waals surface area contributed by atoms with Crippen molar-refractivity contribution in [1.82, 2.24) is 9.88 Å². The number of nitrogens with zero attached hydrogens (tertiary/aromatic N) is 2. The van der Waals surface area contributed by atoms with E-state index in [1.807, 2.05) is 0 Å². The summed E-state index contributed by atoms with van der Waals surface area (Å²) in [7, 11) is 0. The number of aryl methyl sites for hydroxylation is 1. The summed E-state index contributed by atoms with van der Waals surface area (Å²) in [5, 5.41) is 3.30. The molecule has 2 nitrogen and oxygen atoms in total. The monoisotopic (exact) mass is 306 g/mol. The molecule has 1 aromatic carbocycles. The first-order chi connectivity index (χ1) is 9.85. The van der Waals surface area contributed by atoms with Crippen LogP contribution in [-0.4, -0.2) is 16.4 Å². The maximum atomic E-state index is 5.77. The number of alkyl halides is 1. The van der Waals surface area contributed by atoms with E-state index in [0.29, 0.717) is 5.88 Å². The molecule has 0 spiro atoms. The molecule has 0 radical (unpaired) electrons. The van der Waals surface area contributed by atoms with Crippen LogP contribution >= 0.6 is 22.9 Å². The number of benzene rings is 1. The van der Waals surface area contributed by atoms with Gasteiger partial charge in [-0.25, -0.2) is 4.98 Å². The first-order valence-electron chi connectivity index (χ1n) is 7.13. The topological polar surface area (TPSA) is 16.1 Å². The second kappa shape index (κ2) is 6.70. The molecule has 0 aliphatic carbocycles. The Morgan fingerprint density at radius 2 is 1.90 bits per heavy atom. The maximum absolute atomic E-state index is 5.77. The van der Waals surface area contributed by atoms with Gasteiger partial charge in [0.15, 0.2) is 0 Å². The Balaban J connectivity index is 1.39. The highest BCUT2D eigenvalue weighted by Gasteiger charge is 2.17. The minimum Gasteiger partial charge on any atom is -0.295 e. The third kappa shape index (κ3) is 3.40. The third-order valence-corrected chi connectivity index (χ3v) is 4.99. The van der Waals surface area contributed by atoms with Crippen molar-refractivity contribution in [2.75, 3.05) is 6.54 Å². The molecule has 0 N–H and O–H groups in total. The van der Waals surface area contributed by atoms with E-state index in [0.717, 1.165) is 25.2 Å². The Kier molecular flexibility index (Phi) is 4.71. The molecule has 20 heavy (non-hydrogen) atoms. The van der Waals surface area contributed by atoms with E-state index in [1.54, 1.807) is 11.3 Å². The molecule has 0 saturated heterocycles. The van der Waals surface area contributed by atoms with E-state index in [-0.39, 0.29) is 0 Å². The zero-order chi connectivity index (χ0) is 13.8. The van der Waals surface area contributed by atoms with E-state index in [9.17, 15) is 0 Å². The van der Waals surface area contributed by atoms with Gasteiger partial charge in [0.05, 0.1) is 16.6 Å². The Morgan fingerprint density at radius 3 is 2.55 bits per heavy atom. The van der Waals surface area contributed by atoms with Crippen molar-refractivity contribution >= 4 is 22.9 Å². The molecule has 1 aliphatic heterocycles. The third-order valence-electron chi connectivity index (χ3n) is 3.76. The molecule has 0 fully saturated rings. The largest absolute Gasteiger partial charge is 0.295 e. The highest BCUT2D eigenvalue weighted by atomic mass is 35.5. The fourth-order valence-corrected chi connectivity index (χ4v) is 3.77. The SMILES string of the molecule is ClCc1csc(CCCCN2Cc3ccccc3C2)n1. The second-order valence-corrected chi connectivity index (χ2v) is 6.51. The fraction of sp³-hybridized carbons (Fsp3) is 0.438. The molecule has 0 unspecified atom stereocenters. The number of halogens is 1. The van der Waals surface area contributed by atoms with Crippen LogP contribution in [0.2, 0.25) is 0 Å². The summed E-state index contributed by atoms with van der Waals surface area (Å²) in [4.78, 5) is 7.04. The van der Waals surface area contributed by atoms with Crippen molar-refractivity contribution in [2.45, 2.75) is 38.2 Å². The van der Waals surface area contributed by atoms with Crippen molar-refractivity contribution < 1.29 is 0 Å². The van der Waals surface area contributed by atoms with E-state index >= 15 is 0 Å². The van der Waals surface area contributed by atoms with Crippen LogP contribution in [-0.2, 0) is 25.4 Å². The van der Waals surface area contributed by atoms with Crippen LogP contribution < -0.4 is 0 Å². The minimum atomic E-state index is 0.530. The summed E-state index contributed by atoms with van der Waals surface area (Å²) in [5.74, 6) is 0.530. The molecule has 3 rings (SSSR count). The molecular formula is C16H19ClN2S. The van der Waals surface area contributed by atoms with Gasteiger partial charge < -0.3 is 0 Å². The van der Waals surface area contributed by atoms with Gasteiger partial charge in [-0.15, -0.1) is 22.9 Å². The van der Waals surface area contributed by atoms with Gasteiger partial charge in [0.25, 0.3) is 0 Å². The summed E-state index contributed by atoms with van der Waals surface area (Å²) in [6, 6.07) is 8.77. The van der Waals surface area contributed by atoms with Crippen LogP contribution in [0.15, 0.2) is 29.6 Å².